The van der Waals surface area contributed by atoms with Crippen LogP contribution in [-0.4, -0.2) is 16.2 Å². The van der Waals surface area contributed by atoms with Crippen molar-refractivity contribution in [1.82, 2.24) is 0 Å². The second kappa shape index (κ2) is 6.70. The highest BCUT2D eigenvalue weighted by Crippen LogP contribution is 2.29. The van der Waals surface area contributed by atoms with Crippen LogP contribution in [0.5, 0.6) is 0 Å². The van der Waals surface area contributed by atoms with E-state index in [0.717, 1.165) is 6.07 Å². The van der Waals surface area contributed by atoms with Crippen molar-refractivity contribution >= 4 is 27.2 Å². The first-order valence-corrected chi connectivity index (χ1v) is 8.30. The number of carbonyl (C=O) groups is 1. The fraction of sp³-hybridized carbons (Fsp3) is 0.545. The molecule has 4 N–H and O–H groups in total. The topological polar surface area (TPSA) is 98.5 Å². The van der Waals surface area contributed by atoms with Gasteiger partial charge in [-0.25, -0.2) is 18.1 Å². The molecule has 1 aromatic heterocycles. The van der Waals surface area contributed by atoms with E-state index in [1.165, 1.54) is 6.07 Å². The van der Waals surface area contributed by atoms with Crippen LogP contribution in [0.15, 0.2) is 20.7 Å². The van der Waals surface area contributed by atoms with Crippen LogP contribution in [0.25, 0.3) is 0 Å². The molecule has 0 bridgehead atoms. The number of halogens is 2. The maximum Gasteiger partial charge on any atom is 0.272 e. The lowest BCUT2D eigenvalue weighted by Gasteiger charge is -2.14. The van der Waals surface area contributed by atoms with Crippen molar-refractivity contribution in [1.29, 1.82) is 0 Å². The van der Waals surface area contributed by atoms with Gasteiger partial charge in [-0.05, 0) is 18.1 Å². The summed E-state index contributed by atoms with van der Waals surface area (Å²) in [4.78, 5) is 11.5. The number of hydrogen-bond donors (Lipinski definition) is 2. The Hall–Kier alpha value is -0.900. The number of carbonyl (C=O) groups excluding carboxylic acids is 1. The van der Waals surface area contributed by atoms with Crippen molar-refractivity contribution in [2.24, 2.45) is 21.2 Å². The van der Waals surface area contributed by atoms with Gasteiger partial charge >= 0.3 is 0 Å². The Bertz CT molecular complexity index is 594. The zero-order valence-electron chi connectivity index (χ0n) is 11.1. The lowest BCUT2D eigenvalue weighted by atomic mass is 10.00. The van der Waals surface area contributed by atoms with E-state index in [1.54, 1.807) is 6.92 Å². The first kappa shape index (κ1) is 17.2. The molecule has 5 nitrogen and oxygen atoms in total. The van der Waals surface area contributed by atoms with Gasteiger partial charge in [-0.3, -0.25) is 4.79 Å². The van der Waals surface area contributed by atoms with Crippen molar-refractivity contribution in [3.8, 4) is 0 Å². The predicted octanol–water partition coefficient (Wildman–Crippen LogP) is 2.29. The van der Waals surface area contributed by atoms with Gasteiger partial charge in [-0.1, -0.05) is 20.3 Å². The fourth-order valence-electron chi connectivity index (χ4n) is 1.35. The number of hydrogen-bond acceptors (Lipinski definition) is 4. The molecule has 0 aliphatic rings. The summed E-state index contributed by atoms with van der Waals surface area (Å²) in [6.07, 6.45) is -2.02. The molecule has 0 spiro atoms. The lowest BCUT2D eigenvalue weighted by molar-refractivity contribution is -0.119. The third-order valence-electron chi connectivity index (χ3n) is 2.87. The Kier molecular flexibility index (Phi) is 5.75. The maximum absolute atomic E-state index is 12.5. The fourth-order valence-corrected chi connectivity index (χ4v) is 3.56. The normalized spacial score (nSPS) is 17.6. The molecule has 0 radical (unpaired) electrons. The van der Waals surface area contributed by atoms with Gasteiger partial charge in [0.05, 0.1) is 10.9 Å². The first-order chi connectivity index (χ1) is 9.19. The highest BCUT2D eigenvalue weighted by Gasteiger charge is 2.22. The van der Waals surface area contributed by atoms with Gasteiger partial charge in [0.1, 0.15) is 4.21 Å². The highest BCUT2D eigenvalue weighted by atomic mass is 32.2. The second-order valence-corrected chi connectivity index (χ2v) is 7.50. The smallest absolute Gasteiger partial charge is 0.272 e. The maximum atomic E-state index is 12.5. The third kappa shape index (κ3) is 4.05. The van der Waals surface area contributed by atoms with Gasteiger partial charge in [0, 0.05) is 0 Å². The van der Waals surface area contributed by atoms with Crippen molar-refractivity contribution in [2.45, 2.75) is 36.9 Å². The number of alkyl halides is 2. The summed E-state index contributed by atoms with van der Waals surface area (Å²) in [5, 5.41) is 5.48. The van der Waals surface area contributed by atoms with Crippen LogP contribution >= 0.6 is 11.3 Å². The molecule has 0 aliphatic heterocycles. The molecule has 0 fully saturated rings. The Morgan fingerprint density at radius 1 is 1.50 bits per heavy atom. The van der Waals surface area contributed by atoms with Gasteiger partial charge in [-0.2, -0.15) is 0 Å². The minimum absolute atomic E-state index is 0.0579. The molecule has 3 atom stereocenters. The van der Waals surface area contributed by atoms with Crippen LogP contribution in [-0.2, 0) is 14.7 Å². The molecular weight excluding hydrogens is 308 g/mol. The van der Waals surface area contributed by atoms with Crippen LogP contribution in [0.2, 0.25) is 0 Å². The zero-order chi connectivity index (χ0) is 15.5. The lowest BCUT2D eigenvalue weighted by Crippen LogP contribution is -2.36. The Balaban J connectivity index is 3.05. The zero-order valence-corrected chi connectivity index (χ0v) is 12.7. The van der Waals surface area contributed by atoms with Crippen molar-refractivity contribution in [3.63, 3.8) is 0 Å². The summed E-state index contributed by atoms with van der Waals surface area (Å²) in [7, 11) is -3.53. The number of nitrogens with zero attached hydrogens (tertiary/aromatic N) is 1. The molecule has 0 saturated heterocycles. The summed E-state index contributed by atoms with van der Waals surface area (Å²) in [6.45, 7) is 3.61. The number of rotatable bonds is 5. The van der Waals surface area contributed by atoms with Crippen LogP contribution < -0.4 is 10.9 Å². The van der Waals surface area contributed by atoms with Crippen molar-refractivity contribution in [2.75, 3.05) is 0 Å². The molecule has 1 amide bonds. The highest BCUT2D eigenvalue weighted by molar-refractivity contribution is 7.93. The first-order valence-electron chi connectivity index (χ1n) is 5.91. The van der Waals surface area contributed by atoms with E-state index >= 15 is 0 Å². The molecule has 1 aromatic rings. The monoisotopic (exact) mass is 325 g/mol. The van der Waals surface area contributed by atoms with Gasteiger partial charge in [0.25, 0.3) is 12.3 Å². The van der Waals surface area contributed by atoms with Crippen LogP contribution in [0.3, 0.4) is 0 Å². The second-order valence-electron chi connectivity index (χ2n) is 4.37. The van der Waals surface area contributed by atoms with E-state index in [-0.39, 0.29) is 15.0 Å². The molecule has 0 aliphatic carbocycles. The average molecular weight is 325 g/mol. The van der Waals surface area contributed by atoms with Crippen LogP contribution in [0, 0.1) is 5.92 Å². The molecule has 114 valence electrons. The van der Waals surface area contributed by atoms with E-state index in [9.17, 15) is 17.8 Å². The molecule has 20 heavy (non-hydrogen) atoms. The summed E-state index contributed by atoms with van der Waals surface area (Å²) in [6, 6.07) is 1.41. The molecule has 9 heteroatoms. The number of thiophene rings is 1. The Labute approximate surface area is 120 Å². The minimum Gasteiger partial charge on any atom is -0.320 e. The molecule has 0 aromatic carbocycles. The van der Waals surface area contributed by atoms with E-state index in [0.29, 0.717) is 17.8 Å². The summed E-state index contributed by atoms with van der Waals surface area (Å²) in [5.41, 5.74) is 5.67. The van der Waals surface area contributed by atoms with E-state index < -0.39 is 28.3 Å². The molecule has 1 unspecified atom stereocenters. The van der Waals surface area contributed by atoms with Gasteiger partial charge in [0.15, 0.2) is 9.92 Å². The van der Waals surface area contributed by atoms with Gasteiger partial charge < -0.3 is 5.73 Å². The van der Waals surface area contributed by atoms with E-state index in [1.807, 2.05) is 6.92 Å². The van der Waals surface area contributed by atoms with E-state index in [2.05, 4.69) is 4.36 Å². The molecule has 0 saturated carbocycles. The largest absolute Gasteiger partial charge is 0.320 e. The van der Waals surface area contributed by atoms with Crippen LogP contribution in [0.1, 0.15) is 31.6 Å². The predicted molar refractivity (Wildman–Crippen MR) is 74.7 cm³/mol. The molecule has 1 heterocycles. The standard InChI is InChI=1S/C11H17F2N3O2S2/c1-3-6(2)9(14)11(17)16-20(15,18)8-5-4-7(19-8)10(12)13/h4-6,9-10H,3,14H2,1-2H3,(H2,15,16,17,18)/t6-,9-,20?/m0/s1. The van der Waals surface area contributed by atoms with Crippen molar-refractivity contribution in [3.05, 3.63) is 17.0 Å². The Morgan fingerprint density at radius 2 is 2.10 bits per heavy atom. The van der Waals surface area contributed by atoms with Crippen molar-refractivity contribution < 1.29 is 17.8 Å². The quantitative estimate of drug-likeness (QED) is 0.869. The molecular formula is C11H17F2N3O2S2. The minimum atomic E-state index is -3.53. The van der Waals surface area contributed by atoms with E-state index in [4.69, 9.17) is 10.9 Å². The summed E-state index contributed by atoms with van der Waals surface area (Å²) < 4.78 is 40.5. The third-order valence-corrected chi connectivity index (χ3v) is 5.89. The number of nitrogens with two attached hydrogens (primary N) is 2. The number of amides is 1. The Morgan fingerprint density at radius 3 is 2.55 bits per heavy atom. The average Bonchev–Trinajstić information content (AvgIpc) is 2.86. The SMILES string of the molecule is CC[C@H](C)[C@H](N)C(=O)N=S(N)(=O)c1ccc(C(F)F)s1. The summed E-state index contributed by atoms with van der Waals surface area (Å²) in [5.74, 6) is -0.916. The van der Waals surface area contributed by atoms with Gasteiger partial charge in [0.2, 0.25) is 0 Å². The summed E-state index contributed by atoms with van der Waals surface area (Å²) >= 11 is 0.579. The molecule has 1 rings (SSSR count). The van der Waals surface area contributed by atoms with Gasteiger partial charge in [-0.15, -0.1) is 15.7 Å². The van der Waals surface area contributed by atoms with Crippen LogP contribution in [0.4, 0.5) is 8.78 Å².